The molecule has 0 saturated carbocycles. The fourth-order valence-corrected chi connectivity index (χ4v) is 2.20. The number of rotatable bonds is 2. The molecule has 13 heavy (non-hydrogen) atoms. The van der Waals surface area contributed by atoms with Crippen LogP contribution in [0.25, 0.3) is 0 Å². The summed E-state index contributed by atoms with van der Waals surface area (Å²) in [5.74, 6) is 0.125. The second-order valence-electron chi connectivity index (χ2n) is 3.07. The van der Waals surface area contributed by atoms with Crippen molar-refractivity contribution >= 4 is 11.3 Å². The molecule has 0 bridgehead atoms. The van der Waals surface area contributed by atoms with E-state index in [0.717, 1.165) is 12.2 Å². The molecule has 0 aromatic carbocycles. The molecule has 1 saturated heterocycles. The molecule has 1 aliphatic rings. The first kappa shape index (κ1) is 8.93. The van der Waals surface area contributed by atoms with Crippen molar-refractivity contribution < 1.29 is 9.84 Å². The smallest absolute Gasteiger partial charge is 0.273 e. The van der Waals surface area contributed by atoms with Gasteiger partial charge >= 0.3 is 0 Å². The highest BCUT2D eigenvalue weighted by Crippen LogP contribution is 2.27. The summed E-state index contributed by atoms with van der Waals surface area (Å²) >= 11 is 1.47. The molecule has 5 heteroatoms. The van der Waals surface area contributed by atoms with Crippen LogP contribution in [-0.4, -0.2) is 36.4 Å². The van der Waals surface area contributed by atoms with Gasteiger partial charge in [0.1, 0.15) is 0 Å². The van der Waals surface area contributed by atoms with Gasteiger partial charge in [-0.2, -0.15) is 0 Å². The van der Waals surface area contributed by atoms with Gasteiger partial charge in [0.25, 0.3) is 5.19 Å². The number of β-amino-alcohol motifs (C(OH)–C–C–N with tert-alkyl or cyclic N) is 1. The summed E-state index contributed by atoms with van der Waals surface area (Å²) in [7, 11) is 1.60. The Kier molecular flexibility index (Phi) is 2.48. The summed E-state index contributed by atoms with van der Waals surface area (Å²) in [5.41, 5.74) is 0.930. The van der Waals surface area contributed by atoms with Crippen molar-refractivity contribution in [3.8, 4) is 5.19 Å². The third kappa shape index (κ3) is 1.67. The van der Waals surface area contributed by atoms with Crippen LogP contribution in [-0.2, 0) is 0 Å². The average molecular weight is 200 g/mol. The predicted octanol–water partition coefficient (Wildman–Crippen LogP) is 0.199. The zero-order valence-corrected chi connectivity index (χ0v) is 8.17. The van der Waals surface area contributed by atoms with Crippen molar-refractivity contribution in [1.29, 1.82) is 0 Å². The van der Waals surface area contributed by atoms with Crippen LogP contribution in [0.4, 0.5) is 0 Å². The molecule has 0 amide bonds. The van der Waals surface area contributed by atoms with Crippen molar-refractivity contribution in [1.82, 2.24) is 10.3 Å². The van der Waals surface area contributed by atoms with E-state index in [1.807, 2.05) is 5.38 Å². The van der Waals surface area contributed by atoms with Crippen molar-refractivity contribution in [3.05, 3.63) is 11.1 Å². The third-order valence-electron chi connectivity index (χ3n) is 2.24. The number of hydrogen-bond acceptors (Lipinski definition) is 5. The highest BCUT2D eigenvalue weighted by Gasteiger charge is 2.28. The average Bonchev–Trinajstić information content (AvgIpc) is 2.71. The van der Waals surface area contributed by atoms with Crippen LogP contribution in [0.3, 0.4) is 0 Å². The minimum absolute atomic E-state index is 0.125. The van der Waals surface area contributed by atoms with Crippen molar-refractivity contribution in [2.75, 3.05) is 20.2 Å². The molecule has 72 valence electrons. The Bertz CT molecular complexity index is 289. The molecule has 0 unspecified atom stereocenters. The Balaban J connectivity index is 2.15. The molecule has 4 nitrogen and oxygen atoms in total. The van der Waals surface area contributed by atoms with Crippen LogP contribution < -0.4 is 10.1 Å². The summed E-state index contributed by atoms with van der Waals surface area (Å²) in [5, 5.41) is 15.3. The van der Waals surface area contributed by atoms with E-state index in [0.29, 0.717) is 11.7 Å². The molecule has 1 aromatic rings. The Morgan fingerprint density at radius 1 is 1.69 bits per heavy atom. The first-order chi connectivity index (χ1) is 6.31. The Labute approximate surface area is 80.6 Å². The highest BCUT2D eigenvalue weighted by atomic mass is 32.1. The van der Waals surface area contributed by atoms with Crippen molar-refractivity contribution in [3.63, 3.8) is 0 Å². The molecule has 2 N–H and O–H groups in total. The maximum absolute atomic E-state index is 9.59. The quantitative estimate of drug-likeness (QED) is 0.716. The van der Waals surface area contributed by atoms with E-state index in [-0.39, 0.29) is 12.0 Å². The van der Waals surface area contributed by atoms with Gasteiger partial charge in [0.05, 0.1) is 18.9 Å². The summed E-state index contributed by atoms with van der Waals surface area (Å²) in [6.45, 7) is 1.46. The molecule has 1 fully saturated rings. The molecule has 2 heterocycles. The minimum atomic E-state index is -0.313. The fourth-order valence-electron chi connectivity index (χ4n) is 1.50. The summed E-state index contributed by atoms with van der Waals surface area (Å²) in [6, 6.07) is 0. The first-order valence-corrected chi connectivity index (χ1v) is 5.07. The number of thiazole rings is 1. The number of aliphatic hydroxyl groups is 1. The number of aromatic nitrogens is 1. The van der Waals surface area contributed by atoms with E-state index in [1.54, 1.807) is 7.11 Å². The standard InChI is InChI=1S/C8H12N2O2S/c1-12-8-10-6(4-13-8)5-2-9-3-7(5)11/h4-5,7,9,11H,2-3H2,1H3/t5-,7+/m0/s1. The van der Waals surface area contributed by atoms with Gasteiger partial charge in [-0.15, -0.1) is 0 Å². The highest BCUT2D eigenvalue weighted by molar-refractivity contribution is 7.11. The normalized spacial score (nSPS) is 27.8. The van der Waals surface area contributed by atoms with E-state index >= 15 is 0 Å². The van der Waals surface area contributed by atoms with Gasteiger partial charge in [-0.1, -0.05) is 11.3 Å². The van der Waals surface area contributed by atoms with Crippen LogP contribution in [0.5, 0.6) is 5.19 Å². The maximum atomic E-state index is 9.59. The lowest BCUT2D eigenvalue weighted by molar-refractivity contribution is 0.176. The van der Waals surface area contributed by atoms with Crippen LogP contribution >= 0.6 is 11.3 Å². The Morgan fingerprint density at radius 3 is 3.08 bits per heavy atom. The van der Waals surface area contributed by atoms with E-state index in [9.17, 15) is 5.11 Å². The lowest BCUT2D eigenvalue weighted by Crippen LogP contribution is -2.16. The van der Waals surface area contributed by atoms with Gasteiger partial charge < -0.3 is 15.2 Å². The fraction of sp³-hybridized carbons (Fsp3) is 0.625. The predicted molar refractivity (Wildman–Crippen MR) is 50.3 cm³/mol. The number of hydrogen-bond donors (Lipinski definition) is 2. The van der Waals surface area contributed by atoms with Crippen LogP contribution in [0.2, 0.25) is 0 Å². The number of aliphatic hydroxyl groups excluding tert-OH is 1. The van der Waals surface area contributed by atoms with E-state index in [1.165, 1.54) is 11.3 Å². The molecular formula is C8H12N2O2S. The number of methoxy groups -OCH3 is 1. The molecular weight excluding hydrogens is 188 g/mol. The second-order valence-corrected chi connectivity index (χ2v) is 3.90. The van der Waals surface area contributed by atoms with Gasteiger partial charge in [0, 0.05) is 24.4 Å². The minimum Gasteiger partial charge on any atom is -0.473 e. The summed E-state index contributed by atoms with van der Waals surface area (Å²) in [6.07, 6.45) is -0.313. The molecule has 0 aliphatic carbocycles. The third-order valence-corrected chi connectivity index (χ3v) is 3.06. The zero-order valence-electron chi connectivity index (χ0n) is 7.36. The lowest BCUT2D eigenvalue weighted by atomic mass is 10.0. The second kappa shape index (κ2) is 3.61. The van der Waals surface area contributed by atoms with Crippen LogP contribution in [0, 0.1) is 0 Å². The van der Waals surface area contributed by atoms with E-state index in [4.69, 9.17) is 4.74 Å². The lowest BCUT2D eigenvalue weighted by Gasteiger charge is -2.08. The number of nitrogens with one attached hydrogen (secondary N) is 1. The molecule has 0 radical (unpaired) electrons. The van der Waals surface area contributed by atoms with Gasteiger partial charge in [-0.3, -0.25) is 0 Å². The SMILES string of the molecule is COc1nc([C@@H]2CNC[C@H]2O)cs1. The first-order valence-electron chi connectivity index (χ1n) is 4.19. The largest absolute Gasteiger partial charge is 0.473 e. The number of nitrogens with zero attached hydrogens (tertiary/aromatic N) is 1. The van der Waals surface area contributed by atoms with Gasteiger partial charge in [-0.25, -0.2) is 4.98 Å². The summed E-state index contributed by atoms with van der Waals surface area (Å²) < 4.78 is 5.00. The van der Waals surface area contributed by atoms with Crippen LogP contribution in [0.1, 0.15) is 11.6 Å². The van der Waals surface area contributed by atoms with Crippen molar-refractivity contribution in [2.24, 2.45) is 0 Å². The van der Waals surface area contributed by atoms with Crippen LogP contribution in [0.15, 0.2) is 5.38 Å². The molecule has 0 spiro atoms. The van der Waals surface area contributed by atoms with Crippen molar-refractivity contribution in [2.45, 2.75) is 12.0 Å². The van der Waals surface area contributed by atoms with Gasteiger partial charge in [0.15, 0.2) is 0 Å². The Hall–Kier alpha value is -0.650. The molecule has 1 aliphatic heterocycles. The topological polar surface area (TPSA) is 54.4 Å². The van der Waals surface area contributed by atoms with Gasteiger partial charge in [-0.05, 0) is 0 Å². The molecule has 1 aromatic heterocycles. The van der Waals surface area contributed by atoms with Gasteiger partial charge in [0.2, 0.25) is 0 Å². The van der Waals surface area contributed by atoms with E-state index < -0.39 is 0 Å². The maximum Gasteiger partial charge on any atom is 0.273 e. The number of ether oxygens (including phenoxy) is 1. The molecule has 2 rings (SSSR count). The molecule has 2 atom stereocenters. The van der Waals surface area contributed by atoms with E-state index in [2.05, 4.69) is 10.3 Å². The monoisotopic (exact) mass is 200 g/mol. The zero-order chi connectivity index (χ0) is 9.26. The summed E-state index contributed by atoms with van der Waals surface area (Å²) in [4.78, 5) is 4.26. The Morgan fingerprint density at radius 2 is 2.54 bits per heavy atom.